The first-order chi connectivity index (χ1) is 12.2. The van der Waals surface area contributed by atoms with Crippen molar-refractivity contribution in [2.75, 3.05) is 7.11 Å². The largest absolute Gasteiger partial charge is 0.497 e. The number of nitrogens with one attached hydrogen (secondary N) is 1. The molecule has 0 fully saturated rings. The van der Waals surface area contributed by atoms with Crippen LogP contribution in [0.2, 0.25) is 0 Å². The van der Waals surface area contributed by atoms with E-state index in [1.807, 2.05) is 18.2 Å². The van der Waals surface area contributed by atoms with Crippen LogP contribution >= 0.6 is 0 Å². The summed E-state index contributed by atoms with van der Waals surface area (Å²) in [5, 5.41) is 0.858. The number of halogens is 1. The first-order valence-corrected chi connectivity index (χ1v) is 7.95. The summed E-state index contributed by atoms with van der Waals surface area (Å²) in [6.45, 7) is 0.478. The van der Waals surface area contributed by atoms with Gasteiger partial charge in [-0.3, -0.25) is 9.36 Å². The third kappa shape index (κ3) is 2.76. The number of methoxy groups -OCH3 is 1. The zero-order chi connectivity index (χ0) is 17.4. The smallest absolute Gasteiger partial charge is 0.277 e. The maximum absolute atomic E-state index is 13.0. The number of benzene rings is 2. The van der Waals surface area contributed by atoms with E-state index in [-0.39, 0.29) is 11.4 Å². The van der Waals surface area contributed by atoms with Gasteiger partial charge in [-0.15, -0.1) is 0 Å². The van der Waals surface area contributed by atoms with Crippen molar-refractivity contribution in [3.63, 3.8) is 0 Å². The monoisotopic (exact) mass is 337 g/mol. The Balaban J connectivity index is 1.71. The number of aromatic nitrogens is 3. The summed E-state index contributed by atoms with van der Waals surface area (Å²) in [6, 6.07) is 11.9. The van der Waals surface area contributed by atoms with Gasteiger partial charge in [-0.1, -0.05) is 12.1 Å². The van der Waals surface area contributed by atoms with E-state index in [1.165, 1.54) is 12.1 Å². The molecule has 1 N–H and O–H groups in total. The van der Waals surface area contributed by atoms with Gasteiger partial charge in [0.05, 0.1) is 13.4 Å². The Bertz CT molecular complexity index is 1110. The van der Waals surface area contributed by atoms with Gasteiger partial charge in [-0.05, 0) is 42.3 Å². The number of rotatable bonds is 4. The van der Waals surface area contributed by atoms with Crippen molar-refractivity contribution in [2.45, 2.75) is 13.0 Å². The lowest BCUT2D eigenvalue weighted by Crippen LogP contribution is -2.21. The number of ether oxygens (including phenoxy) is 1. The van der Waals surface area contributed by atoms with Gasteiger partial charge in [0.1, 0.15) is 22.6 Å². The van der Waals surface area contributed by atoms with E-state index in [0.717, 1.165) is 22.2 Å². The number of fused-ring (bicyclic) bond motifs is 3. The predicted molar refractivity (Wildman–Crippen MR) is 94.5 cm³/mol. The molecule has 0 spiro atoms. The van der Waals surface area contributed by atoms with Gasteiger partial charge < -0.3 is 9.72 Å². The van der Waals surface area contributed by atoms with Gasteiger partial charge in [-0.2, -0.15) is 0 Å². The molecule has 0 aliphatic rings. The highest BCUT2D eigenvalue weighted by molar-refractivity contribution is 6.04. The normalized spacial score (nSPS) is 11.3. The third-order valence-corrected chi connectivity index (χ3v) is 4.33. The molecule has 25 heavy (non-hydrogen) atoms. The lowest BCUT2D eigenvalue weighted by molar-refractivity contribution is 0.415. The van der Waals surface area contributed by atoms with Crippen LogP contribution in [0.5, 0.6) is 5.75 Å². The number of H-pyrrole nitrogens is 1. The van der Waals surface area contributed by atoms with E-state index in [0.29, 0.717) is 24.0 Å². The SMILES string of the molecule is COc1ccc2[nH]c3c(=O)n(CCc4ccc(F)cc4)cnc3c2c1. The molecule has 4 aromatic rings. The molecule has 0 aliphatic heterocycles. The van der Waals surface area contributed by atoms with Crippen molar-refractivity contribution >= 4 is 21.9 Å². The lowest BCUT2D eigenvalue weighted by Gasteiger charge is -2.05. The Morgan fingerprint density at radius 2 is 2.00 bits per heavy atom. The Labute approximate surface area is 142 Å². The van der Waals surface area contributed by atoms with Crippen LogP contribution in [0.25, 0.3) is 21.9 Å². The molecule has 0 radical (unpaired) electrons. The molecule has 0 bridgehead atoms. The van der Waals surface area contributed by atoms with E-state index >= 15 is 0 Å². The van der Waals surface area contributed by atoms with Crippen LogP contribution in [-0.4, -0.2) is 21.6 Å². The molecule has 5 nitrogen and oxygen atoms in total. The molecule has 0 saturated carbocycles. The highest BCUT2D eigenvalue weighted by Gasteiger charge is 2.11. The van der Waals surface area contributed by atoms with Crippen LogP contribution in [0.3, 0.4) is 0 Å². The average Bonchev–Trinajstić information content (AvgIpc) is 3.01. The number of aryl methyl sites for hydroxylation is 2. The zero-order valence-electron chi connectivity index (χ0n) is 13.6. The summed E-state index contributed by atoms with van der Waals surface area (Å²) in [4.78, 5) is 20.3. The Morgan fingerprint density at radius 1 is 1.20 bits per heavy atom. The quantitative estimate of drug-likeness (QED) is 0.622. The predicted octanol–water partition coefficient (Wildman–Crippen LogP) is 3.27. The first kappa shape index (κ1) is 15.4. The van der Waals surface area contributed by atoms with Crippen LogP contribution in [0, 0.1) is 5.82 Å². The molecule has 2 aromatic carbocycles. The van der Waals surface area contributed by atoms with Crippen LogP contribution in [0.1, 0.15) is 5.56 Å². The molecule has 0 amide bonds. The van der Waals surface area contributed by atoms with Crippen molar-refractivity contribution in [3.8, 4) is 5.75 Å². The highest BCUT2D eigenvalue weighted by atomic mass is 19.1. The van der Waals surface area contributed by atoms with Gasteiger partial charge in [-0.25, -0.2) is 9.37 Å². The Hall–Kier alpha value is -3.15. The van der Waals surface area contributed by atoms with Crippen molar-refractivity contribution in [1.82, 2.24) is 14.5 Å². The average molecular weight is 337 g/mol. The summed E-state index contributed by atoms with van der Waals surface area (Å²) >= 11 is 0. The van der Waals surface area contributed by atoms with Gasteiger partial charge in [0.2, 0.25) is 0 Å². The summed E-state index contributed by atoms with van der Waals surface area (Å²) in [5.74, 6) is 0.452. The maximum atomic E-state index is 13.0. The first-order valence-electron chi connectivity index (χ1n) is 7.95. The fourth-order valence-corrected chi connectivity index (χ4v) is 2.96. The number of hydrogen-bond donors (Lipinski definition) is 1. The number of nitrogens with zero attached hydrogens (tertiary/aromatic N) is 2. The minimum absolute atomic E-state index is 0.123. The summed E-state index contributed by atoms with van der Waals surface area (Å²) in [5.41, 5.74) is 2.80. The van der Waals surface area contributed by atoms with Crippen LogP contribution in [-0.2, 0) is 13.0 Å². The standard InChI is InChI=1S/C19H16FN3O2/c1-25-14-6-7-16-15(10-14)17-18(22-16)19(24)23(11-21-17)9-8-12-2-4-13(20)5-3-12/h2-7,10-11,22H,8-9H2,1H3. The lowest BCUT2D eigenvalue weighted by atomic mass is 10.1. The van der Waals surface area contributed by atoms with Crippen molar-refractivity contribution < 1.29 is 9.13 Å². The van der Waals surface area contributed by atoms with Gasteiger partial charge in [0.15, 0.2) is 0 Å². The van der Waals surface area contributed by atoms with Crippen molar-refractivity contribution in [2.24, 2.45) is 0 Å². The van der Waals surface area contributed by atoms with E-state index in [9.17, 15) is 9.18 Å². The molecule has 0 atom stereocenters. The topological polar surface area (TPSA) is 59.9 Å². The third-order valence-electron chi connectivity index (χ3n) is 4.33. The van der Waals surface area contributed by atoms with E-state index in [4.69, 9.17) is 4.74 Å². The molecule has 0 aliphatic carbocycles. The molecule has 126 valence electrons. The molecule has 0 unspecified atom stereocenters. The van der Waals surface area contributed by atoms with Gasteiger partial charge in [0, 0.05) is 17.4 Å². The Kier molecular flexibility index (Phi) is 3.72. The number of aromatic amines is 1. The van der Waals surface area contributed by atoms with Crippen LogP contribution in [0.4, 0.5) is 4.39 Å². The second kappa shape index (κ2) is 6.05. The van der Waals surface area contributed by atoms with E-state index in [2.05, 4.69) is 9.97 Å². The fraction of sp³-hybridized carbons (Fsp3) is 0.158. The maximum Gasteiger partial charge on any atom is 0.277 e. The Morgan fingerprint density at radius 3 is 2.76 bits per heavy atom. The zero-order valence-corrected chi connectivity index (χ0v) is 13.6. The second-order valence-corrected chi connectivity index (χ2v) is 5.88. The fourth-order valence-electron chi connectivity index (χ4n) is 2.96. The second-order valence-electron chi connectivity index (χ2n) is 5.88. The van der Waals surface area contributed by atoms with Gasteiger partial charge in [0.25, 0.3) is 5.56 Å². The summed E-state index contributed by atoms with van der Waals surface area (Å²) in [7, 11) is 1.60. The molecule has 6 heteroatoms. The summed E-state index contributed by atoms with van der Waals surface area (Å²) < 4.78 is 19.8. The number of hydrogen-bond acceptors (Lipinski definition) is 3. The van der Waals surface area contributed by atoms with Crippen molar-refractivity contribution in [3.05, 3.63) is 70.5 Å². The minimum atomic E-state index is -0.266. The molecule has 2 heterocycles. The van der Waals surface area contributed by atoms with E-state index < -0.39 is 0 Å². The van der Waals surface area contributed by atoms with E-state index in [1.54, 1.807) is 30.1 Å². The van der Waals surface area contributed by atoms with Crippen LogP contribution < -0.4 is 10.3 Å². The highest BCUT2D eigenvalue weighted by Crippen LogP contribution is 2.25. The molecular formula is C19H16FN3O2. The molecule has 2 aromatic heterocycles. The van der Waals surface area contributed by atoms with Crippen LogP contribution in [0.15, 0.2) is 53.6 Å². The van der Waals surface area contributed by atoms with Crippen molar-refractivity contribution in [1.29, 1.82) is 0 Å². The van der Waals surface area contributed by atoms with Gasteiger partial charge >= 0.3 is 0 Å². The molecule has 4 rings (SSSR count). The summed E-state index contributed by atoms with van der Waals surface area (Å²) in [6.07, 6.45) is 2.18. The molecular weight excluding hydrogens is 321 g/mol. The molecule has 0 saturated heterocycles. The minimum Gasteiger partial charge on any atom is -0.497 e.